The Kier molecular flexibility index (Phi) is 8.46. The third kappa shape index (κ3) is 6.69. The number of benzene rings is 3. The van der Waals surface area contributed by atoms with E-state index in [-0.39, 0.29) is 18.2 Å². The fourth-order valence-corrected chi connectivity index (χ4v) is 3.99. The molecule has 1 N–H and O–H groups in total. The minimum Gasteiger partial charge on any atom is -0.355 e. The summed E-state index contributed by atoms with van der Waals surface area (Å²) in [6.07, 6.45) is 0.622. The molecule has 1 atom stereocenters. The summed E-state index contributed by atoms with van der Waals surface area (Å²) in [5.74, 6) is -0.260. The van der Waals surface area contributed by atoms with Gasteiger partial charge in [0.2, 0.25) is 11.8 Å². The van der Waals surface area contributed by atoms with E-state index >= 15 is 0 Å². The van der Waals surface area contributed by atoms with Crippen molar-refractivity contribution in [3.05, 3.63) is 106 Å². The number of likely N-dealkylation sites (N-methyl/N-ethyl adjacent to an activating group) is 1. The van der Waals surface area contributed by atoms with Crippen LogP contribution in [0.3, 0.4) is 0 Å². The molecule has 0 radical (unpaired) electrons. The molecular weight excluding hydrogens is 420 g/mol. The van der Waals surface area contributed by atoms with Gasteiger partial charge in [0.25, 0.3) is 0 Å². The Morgan fingerprint density at radius 2 is 1.59 bits per heavy atom. The minimum absolute atomic E-state index is 0.110. The molecular formula is C27H29ClN2O2. The number of carbonyl (C=O) groups is 2. The van der Waals surface area contributed by atoms with E-state index in [4.69, 9.17) is 11.6 Å². The summed E-state index contributed by atoms with van der Waals surface area (Å²) in [5, 5.41) is 3.51. The van der Waals surface area contributed by atoms with Crippen LogP contribution in [0.2, 0.25) is 5.02 Å². The highest BCUT2D eigenvalue weighted by molar-refractivity contribution is 6.30. The number of halogens is 1. The van der Waals surface area contributed by atoms with Crippen molar-refractivity contribution in [1.82, 2.24) is 10.2 Å². The van der Waals surface area contributed by atoms with Crippen LogP contribution < -0.4 is 5.32 Å². The van der Waals surface area contributed by atoms with Crippen LogP contribution in [0.4, 0.5) is 0 Å². The lowest BCUT2D eigenvalue weighted by atomic mass is 10.0. The van der Waals surface area contributed by atoms with E-state index < -0.39 is 6.04 Å². The number of carbonyl (C=O) groups excluding carboxylic acids is 2. The number of aryl methyl sites for hydroxylation is 1. The molecule has 0 saturated heterocycles. The predicted molar refractivity (Wildman–Crippen MR) is 130 cm³/mol. The summed E-state index contributed by atoms with van der Waals surface area (Å²) >= 11 is 6.13. The molecule has 0 aliphatic carbocycles. The number of rotatable bonds is 9. The molecule has 0 saturated carbocycles. The van der Waals surface area contributed by atoms with E-state index in [9.17, 15) is 9.59 Å². The molecule has 5 heteroatoms. The van der Waals surface area contributed by atoms with Gasteiger partial charge in [-0.3, -0.25) is 9.59 Å². The Morgan fingerprint density at radius 3 is 2.28 bits per heavy atom. The minimum atomic E-state index is -0.621. The maximum absolute atomic E-state index is 13.6. The highest BCUT2D eigenvalue weighted by Crippen LogP contribution is 2.18. The van der Waals surface area contributed by atoms with Crippen molar-refractivity contribution in [3.63, 3.8) is 0 Å². The van der Waals surface area contributed by atoms with Crippen molar-refractivity contribution in [3.8, 4) is 0 Å². The van der Waals surface area contributed by atoms with Crippen molar-refractivity contribution in [2.45, 2.75) is 39.3 Å². The topological polar surface area (TPSA) is 49.4 Å². The largest absolute Gasteiger partial charge is 0.355 e. The molecule has 0 aliphatic heterocycles. The quantitative estimate of drug-likeness (QED) is 0.502. The van der Waals surface area contributed by atoms with Crippen LogP contribution >= 0.6 is 11.6 Å². The van der Waals surface area contributed by atoms with Gasteiger partial charge in [-0.25, -0.2) is 0 Å². The van der Waals surface area contributed by atoms with Crippen LogP contribution in [-0.2, 0) is 29.0 Å². The smallest absolute Gasteiger partial charge is 0.243 e. The average molecular weight is 449 g/mol. The second-order valence-electron chi connectivity index (χ2n) is 7.92. The third-order valence-electron chi connectivity index (χ3n) is 5.30. The van der Waals surface area contributed by atoms with Crippen molar-refractivity contribution in [1.29, 1.82) is 0 Å². The van der Waals surface area contributed by atoms with Crippen LogP contribution in [-0.4, -0.2) is 29.3 Å². The summed E-state index contributed by atoms with van der Waals surface area (Å²) in [7, 11) is 0. The molecule has 166 valence electrons. The Morgan fingerprint density at radius 1 is 0.906 bits per heavy atom. The molecule has 0 fully saturated rings. The van der Waals surface area contributed by atoms with Crippen molar-refractivity contribution in [2.24, 2.45) is 0 Å². The second-order valence-corrected chi connectivity index (χ2v) is 8.35. The normalized spacial score (nSPS) is 11.6. The molecule has 0 aromatic heterocycles. The SMILES string of the molecule is CCNC(=O)C(Cc1ccccc1)N(Cc1cccc(C)c1)C(=O)Cc1cccc(Cl)c1. The fourth-order valence-electron chi connectivity index (χ4n) is 3.78. The second kappa shape index (κ2) is 11.5. The van der Waals surface area contributed by atoms with E-state index in [0.29, 0.717) is 24.5 Å². The molecule has 0 aliphatic rings. The summed E-state index contributed by atoms with van der Waals surface area (Å²) in [4.78, 5) is 28.4. The average Bonchev–Trinajstić information content (AvgIpc) is 2.77. The van der Waals surface area contributed by atoms with Gasteiger partial charge in [0, 0.05) is 24.5 Å². The molecule has 0 bridgehead atoms. The molecule has 0 heterocycles. The van der Waals surface area contributed by atoms with Gasteiger partial charge in [-0.15, -0.1) is 0 Å². The van der Waals surface area contributed by atoms with Gasteiger partial charge in [-0.05, 0) is 42.7 Å². The van der Waals surface area contributed by atoms with Crippen molar-refractivity contribution >= 4 is 23.4 Å². The van der Waals surface area contributed by atoms with Crippen LogP contribution in [0.15, 0.2) is 78.9 Å². The van der Waals surface area contributed by atoms with Crippen molar-refractivity contribution < 1.29 is 9.59 Å². The maximum Gasteiger partial charge on any atom is 0.243 e. The first-order valence-corrected chi connectivity index (χ1v) is 11.2. The van der Waals surface area contributed by atoms with Crippen molar-refractivity contribution in [2.75, 3.05) is 6.54 Å². The van der Waals surface area contributed by atoms with Crippen LogP contribution in [0, 0.1) is 6.92 Å². The van der Waals surface area contributed by atoms with Gasteiger partial charge in [0.15, 0.2) is 0 Å². The first kappa shape index (κ1) is 23.6. The third-order valence-corrected chi connectivity index (χ3v) is 5.54. The van der Waals surface area contributed by atoms with Crippen LogP contribution in [0.25, 0.3) is 0 Å². The molecule has 3 rings (SSSR count). The zero-order chi connectivity index (χ0) is 22.9. The Bertz CT molecular complexity index is 1050. The Balaban J connectivity index is 1.95. The standard InChI is InChI=1S/C27H29ClN2O2/c1-3-29-27(32)25(17-21-10-5-4-6-11-21)30(19-23-13-7-9-20(2)15-23)26(31)18-22-12-8-14-24(28)16-22/h4-16,25H,3,17-19H2,1-2H3,(H,29,32). The highest BCUT2D eigenvalue weighted by Gasteiger charge is 2.30. The summed E-state index contributed by atoms with van der Waals surface area (Å²) in [6, 6.07) is 24.5. The van der Waals surface area contributed by atoms with E-state index in [1.54, 1.807) is 17.0 Å². The Labute approximate surface area is 195 Å². The van der Waals surface area contributed by atoms with Gasteiger partial charge in [-0.1, -0.05) is 83.9 Å². The monoisotopic (exact) mass is 448 g/mol. The molecule has 0 spiro atoms. The Hall–Kier alpha value is -3.11. The lowest BCUT2D eigenvalue weighted by Gasteiger charge is -2.31. The molecule has 3 aromatic rings. The van der Waals surface area contributed by atoms with Gasteiger partial charge in [0.05, 0.1) is 6.42 Å². The number of nitrogens with one attached hydrogen (secondary N) is 1. The van der Waals surface area contributed by atoms with E-state index in [0.717, 1.165) is 22.3 Å². The highest BCUT2D eigenvalue weighted by atomic mass is 35.5. The summed E-state index contributed by atoms with van der Waals surface area (Å²) in [5.41, 5.74) is 3.94. The zero-order valence-corrected chi connectivity index (χ0v) is 19.3. The molecule has 4 nitrogen and oxygen atoms in total. The van der Waals surface area contributed by atoms with Gasteiger partial charge in [-0.2, -0.15) is 0 Å². The zero-order valence-electron chi connectivity index (χ0n) is 18.6. The van der Waals surface area contributed by atoms with E-state index in [1.807, 2.05) is 74.5 Å². The number of nitrogens with zero attached hydrogens (tertiary/aromatic N) is 1. The van der Waals surface area contributed by atoms with Gasteiger partial charge >= 0.3 is 0 Å². The lowest BCUT2D eigenvalue weighted by Crippen LogP contribution is -2.50. The van der Waals surface area contributed by atoms with Gasteiger partial charge < -0.3 is 10.2 Å². The predicted octanol–water partition coefficient (Wildman–Crippen LogP) is 4.97. The van der Waals surface area contributed by atoms with Crippen LogP contribution in [0.1, 0.15) is 29.2 Å². The summed E-state index contributed by atoms with van der Waals surface area (Å²) < 4.78 is 0. The fraction of sp³-hybridized carbons (Fsp3) is 0.259. The molecule has 3 aromatic carbocycles. The first-order chi connectivity index (χ1) is 15.5. The lowest BCUT2D eigenvalue weighted by molar-refractivity contribution is -0.140. The van der Waals surface area contributed by atoms with Crippen LogP contribution in [0.5, 0.6) is 0 Å². The maximum atomic E-state index is 13.6. The number of hydrogen-bond acceptors (Lipinski definition) is 2. The number of hydrogen-bond donors (Lipinski definition) is 1. The number of amides is 2. The molecule has 1 unspecified atom stereocenters. The molecule has 2 amide bonds. The summed E-state index contributed by atoms with van der Waals surface area (Å²) in [6.45, 7) is 4.77. The van der Waals surface area contributed by atoms with E-state index in [2.05, 4.69) is 11.4 Å². The van der Waals surface area contributed by atoms with E-state index in [1.165, 1.54) is 0 Å². The first-order valence-electron chi connectivity index (χ1n) is 10.9. The van der Waals surface area contributed by atoms with Gasteiger partial charge in [0.1, 0.15) is 6.04 Å². The molecule has 32 heavy (non-hydrogen) atoms.